The van der Waals surface area contributed by atoms with Crippen LogP contribution < -0.4 is 0 Å². The minimum atomic E-state index is 0.167. The van der Waals surface area contributed by atoms with Gasteiger partial charge in [-0.05, 0) is 40.2 Å². The van der Waals surface area contributed by atoms with Crippen LogP contribution in [0.25, 0.3) is 5.00 Å². The van der Waals surface area contributed by atoms with Crippen molar-refractivity contribution in [2.24, 2.45) is 4.99 Å². The largest absolute Gasteiger partial charge is 0.300 e. The zero-order chi connectivity index (χ0) is 26.8. The van der Waals surface area contributed by atoms with E-state index in [0.717, 1.165) is 22.9 Å². The molecule has 2 aromatic heterocycles. The SMILES string of the molecule is CC.CC.CC.CC.CC(C)=O.Cc1sc2c(c1C)C(c1ccccc1)=NCc1nnc(C)n1-2. The molecule has 0 bridgehead atoms. The molecule has 1 aliphatic rings. The van der Waals surface area contributed by atoms with Gasteiger partial charge in [-0.15, -0.1) is 21.5 Å². The van der Waals surface area contributed by atoms with E-state index in [1.165, 1.54) is 34.9 Å². The summed E-state index contributed by atoms with van der Waals surface area (Å²) >= 11 is 1.79. The van der Waals surface area contributed by atoms with Gasteiger partial charge in [-0.25, -0.2) is 0 Å². The summed E-state index contributed by atoms with van der Waals surface area (Å²) < 4.78 is 2.15. The van der Waals surface area contributed by atoms with E-state index >= 15 is 0 Å². The van der Waals surface area contributed by atoms with Crippen LogP contribution in [0, 0.1) is 20.8 Å². The van der Waals surface area contributed by atoms with Crippen LogP contribution in [0.2, 0.25) is 0 Å². The van der Waals surface area contributed by atoms with Gasteiger partial charge in [0.2, 0.25) is 0 Å². The van der Waals surface area contributed by atoms with Gasteiger partial charge in [-0.3, -0.25) is 9.56 Å². The fraction of sp³-hybridized carbons (Fsp3) is 0.500. The number of hydrogen-bond donors (Lipinski definition) is 0. The van der Waals surface area contributed by atoms with Gasteiger partial charge in [0.15, 0.2) is 5.82 Å². The summed E-state index contributed by atoms with van der Waals surface area (Å²) in [6.07, 6.45) is 0. The highest BCUT2D eigenvalue weighted by Crippen LogP contribution is 2.36. The van der Waals surface area contributed by atoms with Crippen molar-refractivity contribution in [1.29, 1.82) is 0 Å². The van der Waals surface area contributed by atoms with Gasteiger partial charge in [0, 0.05) is 16.0 Å². The van der Waals surface area contributed by atoms with Crippen molar-refractivity contribution in [3.05, 3.63) is 63.5 Å². The lowest BCUT2D eigenvalue weighted by molar-refractivity contribution is -0.114. The number of aliphatic imine (C=N–C) groups is 1. The molecule has 0 amide bonds. The summed E-state index contributed by atoms with van der Waals surface area (Å²) in [6.45, 7) is 26.0. The number of ketones is 1. The lowest BCUT2D eigenvalue weighted by Crippen LogP contribution is -2.06. The topological polar surface area (TPSA) is 60.1 Å². The summed E-state index contributed by atoms with van der Waals surface area (Å²) in [5.41, 5.74) is 4.72. The normalized spacial score (nSPS) is 10.1. The number of hydrogen-bond acceptors (Lipinski definition) is 5. The average molecular weight is 487 g/mol. The number of aromatic nitrogens is 3. The van der Waals surface area contributed by atoms with Crippen LogP contribution >= 0.6 is 11.3 Å². The Morgan fingerprint density at radius 1 is 0.853 bits per heavy atom. The van der Waals surface area contributed by atoms with Crippen LogP contribution in [-0.2, 0) is 11.3 Å². The van der Waals surface area contributed by atoms with E-state index in [9.17, 15) is 4.79 Å². The molecular weight excluding hydrogens is 440 g/mol. The Kier molecular flexibility index (Phi) is 18.5. The van der Waals surface area contributed by atoms with Crippen molar-refractivity contribution in [3.63, 3.8) is 0 Å². The van der Waals surface area contributed by atoms with Crippen molar-refractivity contribution in [3.8, 4) is 5.00 Å². The van der Waals surface area contributed by atoms with Gasteiger partial charge in [0.05, 0.1) is 5.71 Å². The third-order valence-electron chi connectivity index (χ3n) is 4.12. The molecule has 0 saturated heterocycles. The Morgan fingerprint density at radius 2 is 1.35 bits per heavy atom. The molecule has 0 spiro atoms. The van der Waals surface area contributed by atoms with Crippen LogP contribution in [0.1, 0.15) is 102 Å². The van der Waals surface area contributed by atoms with Crippen molar-refractivity contribution >= 4 is 22.8 Å². The molecule has 0 fully saturated rings. The maximum absolute atomic E-state index is 9.44. The molecule has 1 aliphatic heterocycles. The van der Waals surface area contributed by atoms with E-state index in [4.69, 9.17) is 4.99 Å². The van der Waals surface area contributed by atoms with Crippen LogP contribution in [0.5, 0.6) is 0 Å². The summed E-state index contributed by atoms with van der Waals surface area (Å²) in [6, 6.07) is 10.4. The Labute approximate surface area is 212 Å². The molecule has 190 valence electrons. The second-order valence-electron chi connectivity index (χ2n) is 6.40. The summed E-state index contributed by atoms with van der Waals surface area (Å²) in [5.74, 6) is 1.99. The van der Waals surface area contributed by atoms with E-state index in [-0.39, 0.29) is 5.78 Å². The molecule has 4 rings (SSSR count). The van der Waals surface area contributed by atoms with Gasteiger partial charge in [-0.1, -0.05) is 85.7 Å². The molecule has 0 saturated carbocycles. The first-order valence-electron chi connectivity index (χ1n) is 12.5. The highest BCUT2D eigenvalue weighted by Gasteiger charge is 2.26. The predicted molar refractivity (Wildman–Crippen MR) is 151 cm³/mol. The Hall–Kier alpha value is -2.60. The summed E-state index contributed by atoms with van der Waals surface area (Å²) in [4.78, 5) is 15.6. The average Bonchev–Trinajstić information content (AvgIpc) is 3.32. The van der Waals surface area contributed by atoms with Gasteiger partial charge in [-0.2, -0.15) is 0 Å². The number of rotatable bonds is 1. The van der Waals surface area contributed by atoms with Crippen molar-refractivity contribution in [2.45, 2.75) is 96.6 Å². The first kappa shape index (κ1) is 33.6. The Bertz CT molecular complexity index is 982. The van der Waals surface area contributed by atoms with Crippen LogP contribution in [0.4, 0.5) is 0 Å². The second-order valence-corrected chi connectivity index (χ2v) is 7.60. The number of fused-ring (bicyclic) bond motifs is 3. The third kappa shape index (κ3) is 8.98. The monoisotopic (exact) mass is 486 g/mol. The maximum Gasteiger partial charge on any atom is 0.160 e. The first-order valence-corrected chi connectivity index (χ1v) is 13.3. The Balaban J connectivity index is 0. The number of nitrogens with zero attached hydrogens (tertiary/aromatic N) is 4. The summed E-state index contributed by atoms with van der Waals surface area (Å²) in [5, 5.41) is 9.71. The fourth-order valence-corrected chi connectivity index (χ4v) is 4.10. The fourth-order valence-electron chi connectivity index (χ4n) is 2.88. The minimum absolute atomic E-state index is 0.167. The number of benzene rings is 1. The van der Waals surface area contributed by atoms with E-state index in [1.807, 2.05) is 68.4 Å². The van der Waals surface area contributed by atoms with Crippen LogP contribution in [-0.4, -0.2) is 26.3 Å². The molecule has 0 unspecified atom stereocenters. The van der Waals surface area contributed by atoms with Gasteiger partial charge in [0.25, 0.3) is 0 Å². The highest BCUT2D eigenvalue weighted by molar-refractivity contribution is 7.15. The molecule has 34 heavy (non-hydrogen) atoms. The van der Waals surface area contributed by atoms with Gasteiger partial charge < -0.3 is 4.79 Å². The molecule has 0 aliphatic carbocycles. The lowest BCUT2D eigenvalue weighted by Gasteiger charge is -2.09. The zero-order valence-corrected chi connectivity index (χ0v) is 24.5. The number of carbonyl (C=O) groups is 1. The zero-order valence-electron chi connectivity index (χ0n) is 23.7. The third-order valence-corrected chi connectivity index (χ3v) is 5.32. The molecule has 1 aromatic carbocycles. The van der Waals surface area contributed by atoms with Crippen molar-refractivity contribution in [1.82, 2.24) is 14.8 Å². The van der Waals surface area contributed by atoms with E-state index in [0.29, 0.717) is 6.54 Å². The number of thiophene rings is 1. The molecule has 0 atom stereocenters. The van der Waals surface area contributed by atoms with Crippen molar-refractivity contribution < 1.29 is 4.79 Å². The van der Waals surface area contributed by atoms with Crippen LogP contribution in [0.3, 0.4) is 0 Å². The lowest BCUT2D eigenvalue weighted by atomic mass is 10.00. The van der Waals surface area contributed by atoms with Gasteiger partial charge in [0.1, 0.15) is 23.2 Å². The quantitative estimate of drug-likeness (QED) is 0.347. The maximum atomic E-state index is 9.44. The first-order chi connectivity index (χ1) is 16.4. The highest BCUT2D eigenvalue weighted by atomic mass is 32.1. The molecular formula is C28H46N4OS. The number of aryl methyl sites for hydroxylation is 2. The molecule has 6 heteroatoms. The molecule has 5 nitrogen and oxygen atoms in total. The summed E-state index contributed by atoms with van der Waals surface area (Å²) in [7, 11) is 0. The minimum Gasteiger partial charge on any atom is -0.300 e. The predicted octanol–water partition coefficient (Wildman–Crippen LogP) is 8.31. The smallest absolute Gasteiger partial charge is 0.160 e. The van der Waals surface area contributed by atoms with Crippen LogP contribution in [0.15, 0.2) is 35.3 Å². The van der Waals surface area contributed by atoms with E-state index < -0.39 is 0 Å². The van der Waals surface area contributed by atoms with E-state index in [2.05, 4.69) is 52.9 Å². The number of carbonyl (C=O) groups excluding carboxylic acids is 1. The van der Waals surface area contributed by atoms with Crippen molar-refractivity contribution in [2.75, 3.05) is 0 Å². The molecule has 3 heterocycles. The number of Topliss-reactive ketones (excluding diaryl/α,β-unsaturated/α-hetero) is 1. The van der Waals surface area contributed by atoms with E-state index in [1.54, 1.807) is 11.3 Å². The Morgan fingerprint density at radius 3 is 1.85 bits per heavy atom. The molecule has 3 aromatic rings. The molecule has 0 N–H and O–H groups in total. The van der Waals surface area contributed by atoms with Gasteiger partial charge >= 0.3 is 0 Å². The second kappa shape index (κ2) is 18.8. The molecule has 0 radical (unpaired) electrons. The standard InChI is InChI=1S/C17H16N4S.C3H6O.4C2H6/c1-10-11(2)22-17-15(10)16(13-7-5-4-6-8-13)18-9-14-20-19-12(3)21(14)17;1-3(2)4;4*1-2/h4-8H,9H2,1-3H3;1-2H3;4*1-2H3.